The summed E-state index contributed by atoms with van der Waals surface area (Å²) in [6.07, 6.45) is 21.1. The first-order valence-corrected chi connectivity index (χ1v) is 12.5. The number of allylic oxidation sites excluding steroid dienone is 9. The van der Waals surface area contributed by atoms with E-state index in [2.05, 4.69) is 33.0 Å². The van der Waals surface area contributed by atoms with Crippen molar-refractivity contribution in [2.45, 2.75) is 19.8 Å². The van der Waals surface area contributed by atoms with Gasteiger partial charge in [0.1, 0.15) is 11.6 Å². The molecular weight excluding hydrogens is 454 g/mol. The minimum Gasteiger partial charge on any atom is -0.439 e. The number of rotatable bonds is 12. The number of nitrogens with one attached hydrogen (secondary N) is 1. The van der Waals surface area contributed by atoms with Gasteiger partial charge in [-0.1, -0.05) is 36.5 Å². The summed E-state index contributed by atoms with van der Waals surface area (Å²) in [7, 11) is 1.72. The maximum atomic E-state index is 6.21. The summed E-state index contributed by atoms with van der Waals surface area (Å²) in [5.41, 5.74) is 7.92. The lowest BCUT2D eigenvalue weighted by Gasteiger charge is -2.28. The fraction of sp³-hybridized carbons (Fsp3) is 0.429. The highest BCUT2D eigenvalue weighted by Gasteiger charge is 2.15. The minimum atomic E-state index is 0.352. The fourth-order valence-corrected chi connectivity index (χ4v) is 3.44. The van der Waals surface area contributed by atoms with Crippen molar-refractivity contribution < 1.29 is 14.2 Å². The van der Waals surface area contributed by atoms with Gasteiger partial charge in [0.2, 0.25) is 5.88 Å². The summed E-state index contributed by atoms with van der Waals surface area (Å²) < 4.78 is 16.7. The van der Waals surface area contributed by atoms with Crippen molar-refractivity contribution in [1.29, 1.82) is 0 Å². The molecule has 2 rings (SSSR count). The molecule has 0 amide bonds. The van der Waals surface area contributed by atoms with Crippen molar-refractivity contribution >= 4 is 12.6 Å². The van der Waals surface area contributed by atoms with E-state index in [-0.39, 0.29) is 0 Å². The van der Waals surface area contributed by atoms with Gasteiger partial charge in [0, 0.05) is 51.2 Å². The zero-order valence-corrected chi connectivity index (χ0v) is 21.7. The first kappa shape index (κ1) is 29.0. The zero-order chi connectivity index (χ0) is 25.8. The van der Waals surface area contributed by atoms with E-state index in [0.717, 1.165) is 57.0 Å². The van der Waals surface area contributed by atoms with E-state index in [1.54, 1.807) is 13.2 Å². The number of nitrogens with zero attached hydrogens (tertiary/aromatic N) is 3. The molecule has 0 bridgehead atoms. The third kappa shape index (κ3) is 12.0. The van der Waals surface area contributed by atoms with Crippen molar-refractivity contribution in [3.63, 3.8) is 0 Å². The van der Waals surface area contributed by atoms with Gasteiger partial charge in [0.15, 0.2) is 0 Å². The van der Waals surface area contributed by atoms with Crippen LogP contribution in [0.5, 0.6) is 0 Å². The highest BCUT2D eigenvalue weighted by molar-refractivity contribution is 5.93. The van der Waals surface area contributed by atoms with Gasteiger partial charge < -0.3 is 30.2 Å². The van der Waals surface area contributed by atoms with Crippen molar-refractivity contribution in [3.05, 3.63) is 83.7 Å². The molecule has 0 unspecified atom stereocenters. The highest BCUT2D eigenvalue weighted by Crippen LogP contribution is 2.15. The van der Waals surface area contributed by atoms with E-state index in [4.69, 9.17) is 19.9 Å². The maximum absolute atomic E-state index is 6.21. The number of aliphatic imine (C=N–C) groups is 2. The monoisotopic (exact) mass is 495 g/mol. The summed E-state index contributed by atoms with van der Waals surface area (Å²) in [4.78, 5) is 10.9. The van der Waals surface area contributed by atoms with Crippen LogP contribution in [-0.2, 0) is 14.2 Å². The molecule has 0 spiro atoms. The first-order valence-electron chi connectivity index (χ1n) is 12.5. The maximum Gasteiger partial charge on any atom is 0.222 e. The average Bonchev–Trinajstić information content (AvgIpc) is 2.89. The van der Waals surface area contributed by atoms with Crippen molar-refractivity contribution in [1.82, 2.24) is 10.2 Å². The Bertz CT molecular complexity index is 919. The van der Waals surface area contributed by atoms with Gasteiger partial charge >= 0.3 is 0 Å². The van der Waals surface area contributed by atoms with Crippen LogP contribution in [0.15, 0.2) is 93.7 Å². The average molecular weight is 496 g/mol. The van der Waals surface area contributed by atoms with Crippen LogP contribution in [0.25, 0.3) is 0 Å². The lowest BCUT2D eigenvalue weighted by Crippen LogP contribution is -2.40. The molecule has 1 aliphatic heterocycles. The van der Waals surface area contributed by atoms with E-state index in [9.17, 15) is 0 Å². The van der Waals surface area contributed by atoms with Gasteiger partial charge in [-0.3, -0.25) is 4.99 Å². The smallest absolute Gasteiger partial charge is 0.222 e. The SMILES string of the molecule is C=N/C(=C\C(=NCC)N1CCOCC1)OC1=C\C(N)=C/C=C/C=C/C=C(/CCNCCCOC)C=C1. The highest BCUT2D eigenvalue weighted by atomic mass is 16.5. The Morgan fingerprint density at radius 1 is 1.17 bits per heavy atom. The molecule has 0 radical (unpaired) electrons. The Morgan fingerprint density at radius 3 is 2.67 bits per heavy atom. The van der Waals surface area contributed by atoms with Crippen LogP contribution in [0.2, 0.25) is 0 Å². The molecule has 2 aliphatic rings. The van der Waals surface area contributed by atoms with Gasteiger partial charge in [-0.15, -0.1) is 0 Å². The third-order valence-electron chi connectivity index (χ3n) is 5.28. The lowest BCUT2D eigenvalue weighted by molar-refractivity contribution is 0.0682. The van der Waals surface area contributed by atoms with Gasteiger partial charge in [0.25, 0.3) is 0 Å². The molecule has 1 heterocycles. The molecule has 1 saturated heterocycles. The Balaban J connectivity index is 2.20. The Morgan fingerprint density at radius 2 is 1.94 bits per heavy atom. The van der Waals surface area contributed by atoms with E-state index < -0.39 is 0 Å². The second-order valence-electron chi connectivity index (χ2n) is 8.08. The van der Waals surface area contributed by atoms with Gasteiger partial charge in [-0.2, -0.15) is 0 Å². The molecular formula is C28H41N5O3. The summed E-state index contributed by atoms with van der Waals surface area (Å²) in [6, 6.07) is 0. The molecule has 3 N–H and O–H groups in total. The molecule has 0 saturated carbocycles. The zero-order valence-electron chi connectivity index (χ0n) is 21.7. The standard InChI is InChI=1S/C28H41N5O3/c1-4-32-27(33-17-20-35-21-18-33)23-28(30-2)36-26-13-12-24(14-16-31-15-9-19-34-3)10-7-5-6-8-11-25(29)22-26/h5-8,10-13,22-23,31H,2,4,9,14-21,29H2,1,3H3/b6-5?,7-5+,8-6+,10-7?,11-8?,13-12?,24-10+,24-12?,25-11+,25-22?,26-13?,26-22?,28-23+,32-27?. The van der Waals surface area contributed by atoms with Crippen molar-refractivity contribution in [3.8, 4) is 0 Å². The normalized spacial score (nSPS) is 22.3. The molecule has 1 aliphatic carbocycles. The summed E-state index contributed by atoms with van der Waals surface area (Å²) >= 11 is 0. The number of morpholine rings is 1. The molecule has 1 fully saturated rings. The van der Waals surface area contributed by atoms with Crippen LogP contribution in [0.1, 0.15) is 19.8 Å². The quantitative estimate of drug-likeness (QED) is 0.186. The number of amidine groups is 1. The Kier molecular flexibility index (Phi) is 14.6. The second kappa shape index (κ2) is 18.1. The molecule has 36 heavy (non-hydrogen) atoms. The largest absolute Gasteiger partial charge is 0.439 e. The van der Waals surface area contributed by atoms with Gasteiger partial charge in [0.05, 0.1) is 13.2 Å². The summed E-state index contributed by atoms with van der Waals surface area (Å²) in [6.45, 7) is 11.8. The Hall–Kier alpha value is -3.20. The number of nitrogens with two attached hydrogens (primary N) is 1. The third-order valence-corrected chi connectivity index (χ3v) is 5.28. The topological polar surface area (TPSA) is 93.7 Å². The Labute approximate surface area is 216 Å². The molecule has 196 valence electrons. The van der Waals surface area contributed by atoms with E-state index in [1.165, 1.54) is 0 Å². The van der Waals surface area contributed by atoms with Crippen LogP contribution in [0, 0.1) is 0 Å². The van der Waals surface area contributed by atoms with Crippen molar-refractivity contribution in [2.75, 3.05) is 59.7 Å². The van der Waals surface area contributed by atoms with E-state index >= 15 is 0 Å². The van der Waals surface area contributed by atoms with Crippen LogP contribution in [0.3, 0.4) is 0 Å². The molecule has 8 nitrogen and oxygen atoms in total. The lowest BCUT2D eigenvalue weighted by atomic mass is 10.1. The van der Waals surface area contributed by atoms with Crippen LogP contribution < -0.4 is 11.1 Å². The number of hydrogen-bond acceptors (Lipinski definition) is 7. The predicted molar refractivity (Wildman–Crippen MR) is 149 cm³/mol. The summed E-state index contributed by atoms with van der Waals surface area (Å²) in [5.74, 6) is 1.71. The molecule has 0 aromatic carbocycles. The van der Waals surface area contributed by atoms with Gasteiger partial charge in [-0.05, 0) is 57.3 Å². The molecule has 0 aromatic heterocycles. The van der Waals surface area contributed by atoms with Crippen LogP contribution in [0.4, 0.5) is 0 Å². The number of ether oxygens (including phenoxy) is 3. The first-order chi connectivity index (χ1) is 17.7. The van der Waals surface area contributed by atoms with E-state index in [0.29, 0.717) is 37.1 Å². The second-order valence-corrected chi connectivity index (χ2v) is 8.08. The molecule has 8 heteroatoms. The summed E-state index contributed by atoms with van der Waals surface area (Å²) in [5, 5.41) is 3.45. The number of methoxy groups -OCH3 is 1. The van der Waals surface area contributed by atoms with Crippen LogP contribution >= 0.6 is 0 Å². The minimum absolute atomic E-state index is 0.352. The molecule has 0 aromatic rings. The van der Waals surface area contributed by atoms with Crippen molar-refractivity contribution in [2.24, 2.45) is 15.7 Å². The predicted octanol–water partition coefficient (Wildman–Crippen LogP) is 3.65. The van der Waals surface area contributed by atoms with Gasteiger partial charge in [-0.25, -0.2) is 4.99 Å². The van der Waals surface area contributed by atoms with E-state index in [1.807, 2.05) is 55.5 Å². The molecule has 0 atom stereocenters. The fourth-order valence-electron chi connectivity index (χ4n) is 3.44. The van der Waals surface area contributed by atoms with Crippen LogP contribution in [-0.4, -0.2) is 77.1 Å². The number of hydrogen-bond donors (Lipinski definition) is 2.